The van der Waals surface area contributed by atoms with Crippen molar-refractivity contribution in [2.24, 2.45) is 4.99 Å². The summed E-state index contributed by atoms with van der Waals surface area (Å²) >= 11 is 1.43. The molecule has 0 fully saturated rings. The lowest BCUT2D eigenvalue weighted by Gasteiger charge is -2.06. The molecular weight excluding hydrogens is 376 g/mol. The van der Waals surface area contributed by atoms with Gasteiger partial charge in [0, 0.05) is 12.1 Å². The third kappa shape index (κ3) is 4.48. The van der Waals surface area contributed by atoms with Crippen LogP contribution in [0.1, 0.15) is 29.3 Å². The maximum Gasteiger partial charge on any atom is 0.307 e. The molecule has 146 valence electrons. The number of carbonyl (C=O) groups is 2. The van der Waals surface area contributed by atoms with Crippen molar-refractivity contribution in [3.63, 3.8) is 0 Å². The number of nitrogens with zero attached hydrogens (tertiary/aromatic N) is 2. The van der Waals surface area contributed by atoms with Crippen molar-refractivity contribution < 1.29 is 19.1 Å². The van der Waals surface area contributed by atoms with E-state index in [2.05, 4.69) is 11.1 Å². The van der Waals surface area contributed by atoms with Gasteiger partial charge in [0.15, 0.2) is 4.80 Å². The highest BCUT2D eigenvalue weighted by Gasteiger charge is 2.12. The minimum absolute atomic E-state index is 0.216. The van der Waals surface area contributed by atoms with E-state index in [1.807, 2.05) is 23.6 Å². The van der Waals surface area contributed by atoms with E-state index in [0.717, 1.165) is 15.8 Å². The Labute approximate surface area is 167 Å². The molecule has 0 saturated carbocycles. The van der Waals surface area contributed by atoms with E-state index in [4.69, 9.17) is 9.47 Å². The summed E-state index contributed by atoms with van der Waals surface area (Å²) in [6.07, 6.45) is 0.216. The van der Waals surface area contributed by atoms with Crippen molar-refractivity contribution in [2.75, 3.05) is 13.7 Å². The maximum atomic E-state index is 12.7. The van der Waals surface area contributed by atoms with Gasteiger partial charge in [0.05, 0.1) is 30.4 Å². The van der Waals surface area contributed by atoms with Crippen molar-refractivity contribution in [1.82, 2.24) is 4.57 Å². The molecule has 3 rings (SSSR count). The van der Waals surface area contributed by atoms with Crippen LogP contribution in [0.25, 0.3) is 10.2 Å². The lowest BCUT2D eigenvalue weighted by Crippen LogP contribution is -2.19. The lowest BCUT2D eigenvalue weighted by molar-refractivity contribution is -0.143. The second kappa shape index (κ2) is 8.84. The molecule has 0 aliphatic rings. The fourth-order valence-electron chi connectivity index (χ4n) is 2.83. The molecule has 28 heavy (non-hydrogen) atoms. The molecule has 6 nitrogen and oxygen atoms in total. The second-order valence-corrected chi connectivity index (χ2v) is 7.22. The number of amides is 1. The van der Waals surface area contributed by atoms with Gasteiger partial charge >= 0.3 is 5.97 Å². The third-order valence-electron chi connectivity index (χ3n) is 4.20. The zero-order valence-corrected chi connectivity index (χ0v) is 16.9. The molecule has 0 aliphatic heterocycles. The van der Waals surface area contributed by atoms with Gasteiger partial charge in [-0.1, -0.05) is 23.5 Å². The SMILES string of the molecule is CCOC(=O)CCn1c(=NC(=O)c2cccc(OC)c2)sc2cc(C)ccc21. The maximum absolute atomic E-state index is 12.7. The minimum atomic E-state index is -0.355. The Morgan fingerprint density at radius 3 is 2.75 bits per heavy atom. The van der Waals surface area contributed by atoms with Crippen LogP contribution in [0.5, 0.6) is 5.75 Å². The fourth-order valence-corrected chi connectivity index (χ4v) is 3.98. The van der Waals surface area contributed by atoms with Gasteiger partial charge in [0.1, 0.15) is 5.75 Å². The molecule has 0 atom stereocenters. The number of thiazole rings is 1. The summed E-state index contributed by atoms with van der Waals surface area (Å²) in [5.74, 6) is -0.0261. The van der Waals surface area contributed by atoms with Gasteiger partial charge in [-0.25, -0.2) is 0 Å². The van der Waals surface area contributed by atoms with E-state index < -0.39 is 0 Å². The summed E-state index contributed by atoms with van der Waals surface area (Å²) in [6.45, 7) is 4.53. The Hall–Kier alpha value is -2.93. The van der Waals surface area contributed by atoms with E-state index in [0.29, 0.717) is 29.3 Å². The van der Waals surface area contributed by atoms with Crippen LogP contribution in [0.15, 0.2) is 47.5 Å². The number of aromatic nitrogens is 1. The van der Waals surface area contributed by atoms with E-state index in [1.54, 1.807) is 38.3 Å². The van der Waals surface area contributed by atoms with Gasteiger partial charge < -0.3 is 14.0 Å². The highest BCUT2D eigenvalue weighted by atomic mass is 32.1. The van der Waals surface area contributed by atoms with Gasteiger partial charge in [0.25, 0.3) is 5.91 Å². The van der Waals surface area contributed by atoms with Gasteiger partial charge in [-0.2, -0.15) is 4.99 Å². The van der Waals surface area contributed by atoms with Gasteiger partial charge in [0.2, 0.25) is 0 Å². The predicted molar refractivity (Wildman–Crippen MR) is 109 cm³/mol. The minimum Gasteiger partial charge on any atom is -0.497 e. The van der Waals surface area contributed by atoms with Crippen molar-refractivity contribution >= 4 is 33.4 Å². The number of esters is 1. The Bertz CT molecular complexity index is 1080. The highest BCUT2D eigenvalue weighted by molar-refractivity contribution is 7.16. The zero-order chi connectivity index (χ0) is 20.1. The van der Waals surface area contributed by atoms with Gasteiger partial charge in [-0.15, -0.1) is 0 Å². The van der Waals surface area contributed by atoms with E-state index >= 15 is 0 Å². The molecule has 1 aromatic heterocycles. The first kappa shape index (κ1) is 19.8. The molecule has 1 amide bonds. The molecule has 0 bridgehead atoms. The smallest absolute Gasteiger partial charge is 0.307 e. The first-order valence-electron chi connectivity index (χ1n) is 9.00. The molecule has 0 unspecified atom stereocenters. The molecule has 0 spiro atoms. The molecule has 0 saturated heterocycles. The number of rotatable bonds is 6. The topological polar surface area (TPSA) is 69.9 Å². The monoisotopic (exact) mass is 398 g/mol. The zero-order valence-electron chi connectivity index (χ0n) is 16.1. The summed E-state index contributed by atoms with van der Waals surface area (Å²) in [4.78, 5) is 29.4. The highest BCUT2D eigenvalue weighted by Crippen LogP contribution is 2.20. The van der Waals surface area contributed by atoms with Crippen LogP contribution in [-0.4, -0.2) is 30.2 Å². The summed E-state index contributed by atoms with van der Waals surface area (Å²) in [5, 5.41) is 0. The first-order chi connectivity index (χ1) is 13.5. The Morgan fingerprint density at radius 1 is 1.18 bits per heavy atom. The molecule has 2 aromatic carbocycles. The van der Waals surface area contributed by atoms with Crippen molar-refractivity contribution in [2.45, 2.75) is 26.8 Å². The normalized spacial score (nSPS) is 11.6. The summed E-state index contributed by atoms with van der Waals surface area (Å²) in [5.41, 5.74) is 2.51. The predicted octanol–water partition coefficient (Wildman–Crippen LogP) is 3.71. The van der Waals surface area contributed by atoms with Crippen LogP contribution >= 0.6 is 11.3 Å². The molecule has 1 heterocycles. The van der Waals surface area contributed by atoms with Crippen molar-refractivity contribution in [1.29, 1.82) is 0 Å². The van der Waals surface area contributed by atoms with Crippen LogP contribution in [0.4, 0.5) is 0 Å². The number of hydrogen-bond donors (Lipinski definition) is 0. The second-order valence-electron chi connectivity index (χ2n) is 6.21. The Balaban J connectivity index is 2.02. The number of hydrogen-bond acceptors (Lipinski definition) is 5. The average molecular weight is 398 g/mol. The molecule has 0 radical (unpaired) electrons. The molecule has 3 aromatic rings. The van der Waals surface area contributed by atoms with Gasteiger partial charge in [-0.05, 0) is 49.7 Å². The van der Waals surface area contributed by atoms with Crippen molar-refractivity contribution in [3.05, 3.63) is 58.4 Å². The summed E-state index contributed by atoms with van der Waals surface area (Å²) < 4.78 is 13.1. The number of aryl methyl sites for hydroxylation is 2. The standard InChI is InChI=1S/C21H22N2O4S/c1-4-27-19(24)10-11-23-17-9-8-14(2)12-18(17)28-21(23)22-20(25)15-6-5-7-16(13-15)26-3/h5-9,12-13H,4,10-11H2,1-3H3. The van der Waals surface area contributed by atoms with E-state index in [1.165, 1.54) is 11.3 Å². The average Bonchev–Trinajstić information content (AvgIpc) is 3.02. The number of fused-ring (bicyclic) bond motifs is 1. The number of methoxy groups -OCH3 is 1. The van der Waals surface area contributed by atoms with E-state index in [9.17, 15) is 9.59 Å². The van der Waals surface area contributed by atoms with Crippen LogP contribution < -0.4 is 9.54 Å². The van der Waals surface area contributed by atoms with Crippen molar-refractivity contribution in [3.8, 4) is 5.75 Å². The van der Waals surface area contributed by atoms with E-state index in [-0.39, 0.29) is 18.3 Å². The molecular formula is C21H22N2O4S. The van der Waals surface area contributed by atoms with Crippen LogP contribution in [0, 0.1) is 6.92 Å². The first-order valence-corrected chi connectivity index (χ1v) is 9.82. The van der Waals surface area contributed by atoms with Crippen LogP contribution in [-0.2, 0) is 16.1 Å². The lowest BCUT2D eigenvalue weighted by atomic mass is 10.2. The largest absolute Gasteiger partial charge is 0.497 e. The Morgan fingerprint density at radius 2 is 2.00 bits per heavy atom. The third-order valence-corrected chi connectivity index (χ3v) is 5.24. The quantitative estimate of drug-likeness (QED) is 0.594. The summed E-state index contributed by atoms with van der Waals surface area (Å²) in [6, 6.07) is 12.9. The van der Waals surface area contributed by atoms with Crippen LogP contribution in [0.3, 0.4) is 0 Å². The van der Waals surface area contributed by atoms with Crippen LogP contribution in [0.2, 0.25) is 0 Å². The fraction of sp³-hybridized carbons (Fsp3) is 0.286. The summed E-state index contributed by atoms with van der Waals surface area (Å²) in [7, 11) is 1.55. The van der Waals surface area contributed by atoms with Gasteiger partial charge in [-0.3, -0.25) is 9.59 Å². The molecule has 7 heteroatoms. The Kier molecular flexibility index (Phi) is 6.26. The number of ether oxygens (including phenoxy) is 2. The molecule has 0 N–H and O–H groups in total. The number of benzene rings is 2. The molecule has 0 aliphatic carbocycles. The number of carbonyl (C=O) groups excluding carboxylic acids is 2.